The molecule has 1 fully saturated rings. The number of anilines is 1. The summed E-state index contributed by atoms with van der Waals surface area (Å²) in [6, 6.07) is 18.4. The summed E-state index contributed by atoms with van der Waals surface area (Å²) in [5.41, 5.74) is 0.312. The van der Waals surface area contributed by atoms with Crippen molar-refractivity contribution < 1.29 is 24.0 Å². The Labute approximate surface area is 238 Å². The number of halogens is 1. The van der Waals surface area contributed by atoms with E-state index in [0.29, 0.717) is 27.0 Å². The maximum atomic E-state index is 14.5. The number of rotatable bonds is 7. The summed E-state index contributed by atoms with van der Waals surface area (Å²) in [6.45, 7) is 1.69. The molecule has 1 saturated heterocycles. The van der Waals surface area contributed by atoms with Crippen LogP contribution in [-0.4, -0.2) is 42.5 Å². The summed E-state index contributed by atoms with van der Waals surface area (Å²) in [6.07, 6.45) is 3.60. The van der Waals surface area contributed by atoms with Crippen molar-refractivity contribution in [2.24, 2.45) is 5.41 Å². The molecule has 2 heterocycles. The molecule has 0 bridgehead atoms. The standard InChI is InChI=1S/C30H24BrN3O6/c1-3-40-29(36)30(17-32)25-15-11-18-6-4-5-7-23(18)33(25)27(26(30)19-8-12-21(13-9-19)34(37)38)28(35)20-10-14-24(39-2)22(31)16-20/h4-16,25-27H,3H2,1-2H3. The molecule has 2 aliphatic heterocycles. The molecule has 4 atom stereocenters. The molecule has 0 saturated carbocycles. The number of carbonyl (C=O) groups excluding carboxylic acids is 2. The third-order valence-corrected chi connectivity index (χ3v) is 8.13. The van der Waals surface area contributed by atoms with E-state index in [0.717, 1.165) is 5.56 Å². The highest BCUT2D eigenvalue weighted by Gasteiger charge is 2.67. The zero-order valence-electron chi connectivity index (χ0n) is 21.6. The number of nitriles is 1. The molecule has 9 nitrogen and oxygen atoms in total. The van der Waals surface area contributed by atoms with Gasteiger partial charge >= 0.3 is 5.97 Å². The number of hydrogen-bond acceptors (Lipinski definition) is 8. The predicted octanol–water partition coefficient (Wildman–Crippen LogP) is 5.69. The number of ketones is 1. The maximum Gasteiger partial charge on any atom is 0.329 e. The smallest absolute Gasteiger partial charge is 0.329 e. The van der Waals surface area contributed by atoms with Crippen molar-refractivity contribution in [2.75, 3.05) is 18.6 Å². The molecule has 40 heavy (non-hydrogen) atoms. The van der Waals surface area contributed by atoms with E-state index in [1.54, 1.807) is 31.2 Å². The van der Waals surface area contributed by atoms with E-state index in [2.05, 4.69) is 22.0 Å². The second kappa shape index (κ2) is 10.6. The van der Waals surface area contributed by atoms with Gasteiger partial charge in [0.1, 0.15) is 11.8 Å². The lowest BCUT2D eigenvalue weighted by molar-refractivity contribution is -0.384. The fourth-order valence-electron chi connectivity index (χ4n) is 5.78. The maximum absolute atomic E-state index is 14.5. The van der Waals surface area contributed by atoms with Crippen molar-refractivity contribution in [3.63, 3.8) is 0 Å². The van der Waals surface area contributed by atoms with Gasteiger partial charge in [0, 0.05) is 29.3 Å². The molecular weight excluding hydrogens is 578 g/mol. The van der Waals surface area contributed by atoms with Crippen LogP contribution in [0.25, 0.3) is 6.08 Å². The molecule has 0 aliphatic carbocycles. The number of Topliss-reactive ketones (excluding diaryl/α,β-unsaturated/α-hetero) is 1. The average Bonchev–Trinajstić information content (AvgIpc) is 3.28. The Morgan fingerprint density at radius 1 is 1.15 bits per heavy atom. The van der Waals surface area contributed by atoms with Crippen LogP contribution in [0.15, 0.2) is 77.3 Å². The number of fused-ring (bicyclic) bond motifs is 3. The number of ether oxygens (including phenoxy) is 2. The van der Waals surface area contributed by atoms with Gasteiger partial charge in [-0.25, -0.2) is 0 Å². The second-order valence-electron chi connectivity index (χ2n) is 9.46. The number of nitro benzene ring substituents is 1. The van der Waals surface area contributed by atoms with E-state index in [1.165, 1.54) is 31.4 Å². The van der Waals surface area contributed by atoms with Crippen LogP contribution in [-0.2, 0) is 9.53 Å². The van der Waals surface area contributed by atoms with Gasteiger partial charge in [-0.15, -0.1) is 0 Å². The van der Waals surface area contributed by atoms with E-state index >= 15 is 0 Å². The molecule has 0 N–H and O–H groups in total. The summed E-state index contributed by atoms with van der Waals surface area (Å²) < 4.78 is 11.4. The Morgan fingerprint density at radius 3 is 2.50 bits per heavy atom. The van der Waals surface area contributed by atoms with Crippen molar-refractivity contribution >= 4 is 45.1 Å². The molecule has 2 aliphatic rings. The highest BCUT2D eigenvalue weighted by atomic mass is 79.9. The summed E-state index contributed by atoms with van der Waals surface area (Å²) >= 11 is 3.45. The first-order chi connectivity index (χ1) is 19.3. The van der Waals surface area contributed by atoms with Crippen LogP contribution >= 0.6 is 15.9 Å². The van der Waals surface area contributed by atoms with Gasteiger partial charge in [-0.05, 0) is 58.2 Å². The van der Waals surface area contributed by atoms with Gasteiger partial charge in [-0.2, -0.15) is 5.26 Å². The number of para-hydroxylation sites is 1. The summed E-state index contributed by atoms with van der Waals surface area (Å²) in [5, 5.41) is 22.2. The van der Waals surface area contributed by atoms with Crippen molar-refractivity contribution in [2.45, 2.75) is 24.9 Å². The molecule has 4 unspecified atom stereocenters. The Morgan fingerprint density at radius 2 is 1.88 bits per heavy atom. The van der Waals surface area contributed by atoms with Gasteiger partial charge in [0.15, 0.2) is 11.2 Å². The Bertz CT molecular complexity index is 1580. The predicted molar refractivity (Wildman–Crippen MR) is 151 cm³/mol. The molecule has 0 amide bonds. The molecule has 0 spiro atoms. The number of nitro groups is 1. The van der Waals surface area contributed by atoms with Crippen molar-refractivity contribution in [3.05, 3.63) is 104 Å². The van der Waals surface area contributed by atoms with Crippen molar-refractivity contribution in [1.29, 1.82) is 5.26 Å². The fraction of sp³-hybridized carbons (Fsp3) is 0.233. The first-order valence-corrected chi connectivity index (χ1v) is 13.3. The number of carbonyl (C=O) groups is 2. The third-order valence-electron chi connectivity index (χ3n) is 7.51. The third kappa shape index (κ3) is 4.14. The van der Waals surface area contributed by atoms with Crippen molar-refractivity contribution in [1.82, 2.24) is 0 Å². The Hall–Kier alpha value is -4.49. The van der Waals surface area contributed by atoms with E-state index in [1.807, 2.05) is 35.2 Å². The normalized spacial score (nSPS) is 22.6. The van der Waals surface area contributed by atoms with Crippen LogP contribution < -0.4 is 9.64 Å². The topological polar surface area (TPSA) is 123 Å². The minimum absolute atomic E-state index is 0.0340. The first kappa shape index (κ1) is 27.1. The summed E-state index contributed by atoms with van der Waals surface area (Å²) in [4.78, 5) is 41.0. The second-order valence-corrected chi connectivity index (χ2v) is 10.3. The SMILES string of the molecule is CCOC(=O)C1(C#N)C(c2ccc([N+](=O)[O-])cc2)C(C(=O)c2ccc(OC)c(Br)c2)N2c3ccccc3C=CC21. The molecule has 10 heteroatoms. The quantitative estimate of drug-likeness (QED) is 0.146. The number of benzene rings is 3. The lowest BCUT2D eigenvalue weighted by Gasteiger charge is -2.36. The molecule has 0 aromatic heterocycles. The Balaban J connectivity index is 1.79. The van der Waals surface area contributed by atoms with Crippen LogP contribution in [0.3, 0.4) is 0 Å². The summed E-state index contributed by atoms with van der Waals surface area (Å²) in [5.74, 6) is -1.57. The highest BCUT2D eigenvalue weighted by molar-refractivity contribution is 9.10. The van der Waals surface area contributed by atoms with Gasteiger partial charge < -0.3 is 14.4 Å². The van der Waals surface area contributed by atoms with Gasteiger partial charge in [0.2, 0.25) is 0 Å². The lowest BCUT2D eigenvalue weighted by atomic mass is 9.68. The molecule has 3 aromatic rings. The van der Waals surface area contributed by atoms with Crippen LogP contribution in [0.1, 0.15) is 34.3 Å². The Kier molecular flexibility index (Phi) is 7.17. The zero-order valence-corrected chi connectivity index (χ0v) is 23.2. The molecular formula is C30H24BrN3O6. The van der Waals surface area contributed by atoms with E-state index in [9.17, 15) is 25.0 Å². The minimum atomic E-state index is -1.83. The molecule has 0 radical (unpaired) electrons. The number of nitrogens with zero attached hydrogens (tertiary/aromatic N) is 3. The van der Waals surface area contributed by atoms with Gasteiger partial charge in [-0.1, -0.05) is 42.5 Å². The van der Waals surface area contributed by atoms with Crippen LogP contribution in [0.4, 0.5) is 11.4 Å². The largest absolute Gasteiger partial charge is 0.496 e. The van der Waals surface area contributed by atoms with Crippen LogP contribution in [0, 0.1) is 26.9 Å². The fourth-order valence-corrected chi connectivity index (χ4v) is 6.33. The van der Waals surface area contributed by atoms with E-state index in [-0.39, 0.29) is 18.1 Å². The average molecular weight is 602 g/mol. The summed E-state index contributed by atoms with van der Waals surface area (Å²) in [7, 11) is 1.52. The monoisotopic (exact) mass is 601 g/mol. The molecule has 5 rings (SSSR count). The zero-order chi connectivity index (χ0) is 28.6. The number of hydrogen-bond donors (Lipinski definition) is 0. The van der Waals surface area contributed by atoms with Gasteiger partial charge in [0.05, 0.1) is 35.2 Å². The number of non-ortho nitro benzene ring substituents is 1. The minimum Gasteiger partial charge on any atom is -0.496 e. The van der Waals surface area contributed by atoms with Crippen LogP contribution in [0.2, 0.25) is 0 Å². The highest BCUT2D eigenvalue weighted by Crippen LogP contribution is 2.56. The molecule has 202 valence electrons. The van der Waals surface area contributed by atoms with Gasteiger partial charge in [0.25, 0.3) is 5.69 Å². The van der Waals surface area contributed by atoms with Crippen LogP contribution in [0.5, 0.6) is 5.75 Å². The molecule has 3 aromatic carbocycles. The number of methoxy groups -OCH3 is 1. The first-order valence-electron chi connectivity index (χ1n) is 12.5. The van der Waals surface area contributed by atoms with Crippen molar-refractivity contribution in [3.8, 4) is 11.8 Å². The van der Waals surface area contributed by atoms with E-state index in [4.69, 9.17) is 9.47 Å². The lowest BCUT2D eigenvalue weighted by Crippen LogP contribution is -2.47. The van der Waals surface area contributed by atoms with Gasteiger partial charge in [-0.3, -0.25) is 19.7 Å². The number of esters is 1. The van der Waals surface area contributed by atoms with E-state index < -0.39 is 34.3 Å².